The van der Waals surface area contributed by atoms with Crippen molar-refractivity contribution in [3.63, 3.8) is 0 Å². The lowest BCUT2D eigenvalue weighted by Gasteiger charge is -2.08. The average molecular weight is 355 g/mol. The number of carboxylic acids is 1. The Morgan fingerprint density at radius 2 is 2.17 bits per heavy atom. The van der Waals surface area contributed by atoms with Gasteiger partial charge in [-0.25, -0.2) is 17.9 Å². The number of rotatable bonds is 5. The zero-order valence-corrected chi connectivity index (χ0v) is 12.1. The van der Waals surface area contributed by atoms with Crippen LogP contribution in [0, 0.1) is 0 Å². The van der Waals surface area contributed by atoms with Crippen LogP contribution < -0.4 is 4.72 Å². The minimum absolute atomic E-state index is 0.0466. The fourth-order valence-corrected chi connectivity index (χ4v) is 2.98. The zero-order valence-electron chi connectivity index (χ0n) is 8.98. The fourth-order valence-electron chi connectivity index (χ4n) is 1.13. The summed E-state index contributed by atoms with van der Waals surface area (Å²) in [5.74, 6) is -1.30. The maximum absolute atomic E-state index is 11.8. The van der Waals surface area contributed by atoms with Crippen molar-refractivity contribution in [2.75, 3.05) is 6.54 Å². The molecule has 0 aliphatic heterocycles. The molecule has 0 amide bonds. The van der Waals surface area contributed by atoms with Gasteiger partial charge in [0, 0.05) is 11.0 Å². The molecule has 0 aliphatic rings. The first-order chi connectivity index (χ1) is 8.29. The smallest absolute Gasteiger partial charge is 0.337 e. The molecular formula is C10H9BrClNO4S. The van der Waals surface area contributed by atoms with Gasteiger partial charge in [-0.15, -0.1) is 6.58 Å². The topological polar surface area (TPSA) is 83.5 Å². The van der Waals surface area contributed by atoms with Crippen LogP contribution in [0.3, 0.4) is 0 Å². The predicted molar refractivity (Wildman–Crippen MR) is 71.5 cm³/mol. The van der Waals surface area contributed by atoms with Gasteiger partial charge in [-0.3, -0.25) is 0 Å². The van der Waals surface area contributed by atoms with Crippen LogP contribution in [-0.2, 0) is 10.0 Å². The monoisotopic (exact) mass is 353 g/mol. The highest BCUT2D eigenvalue weighted by Gasteiger charge is 2.20. The molecule has 1 rings (SSSR count). The summed E-state index contributed by atoms with van der Waals surface area (Å²) < 4.78 is 26.1. The Hall–Kier alpha value is -0.890. The van der Waals surface area contributed by atoms with Crippen molar-refractivity contribution in [3.05, 3.63) is 39.8 Å². The van der Waals surface area contributed by atoms with Gasteiger partial charge >= 0.3 is 5.97 Å². The Labute approximate surface area is 118 Å². The second-order valence-corrected chi connectivity index (χ2v) is 6.21. The Morgan fingerprint density at radius 1 is 1.56 bits per heavy atom. The van der Waals surface area contributed by atoms with Crippen LogP contribution in [0.5, 0.6) is 0 Å². The van der Waals surface area contributed by atoms with Gasteiger partial charge in [-0.2, -0.15) is 0 Å². The Balaban J connectivity index is 3.35. The highest BCUT2D eigenvalue weighted by Crippen LogP contribution is 2.29. The van der Waals surface area contributed by atoms with Crippen molar-refractivity contribution in [1.82, 2.24) is 4.72 Å². The van der Waals surface area contributed by atoms with E-state index in [1.807, 2.05) is 0 Å². The highest BCUT2D eigenvalue weighted by molar-refractivity contribution is 9.10. The van der Waals surface area contributed by atoms with Gasteiger partial charge in [0.05, 0.1) is 15.5 Å². The second-order valence-electron chi connectivity index (χ2n) is 3.21. The van der Waals surface area contributed by atoms with E-state index in [4.69, 9.17) is 16.7 Å². The molecule has 0 unspecified atom stereocenters. The molecule has 0 aromatic heterocycles. The van der Waals surface area contributed by atoms with E-state index in [1.54, 1.807) is 0 Å². The van der Waals surface area contributed by atoms with Gasteiger partial charge in [0.2, 0.25) is 10.0 Å². The molecule has 0 atom stereocenters. The van der Waals surface area contributed by atoms with Crippen LogP contribution in [-0.4, -0.2) is 26.0 Å². The molecule has 8 heteroatoms. The van der Waals surface area contributed by atoms with Gasteiger partial charge < -0.3 is 5.11 Å². The average Bonchev–Trinajstić information content (AvgIpc) is 2.29. The number of hydrogen-bond acceptors (Lipinski definition) is 3. The summed E-state index contributed by atoms with van der Waals surface area (Å²) in [6.07, 6.45) is 1.38. The first-order valence-electron chi connectivity index (χ1n) is 4.62. The Bertz CT molecular complexity index is 600. The molecular weight excluding hydrogens is 346 g/mol. The van der Waals surface area contributed by atoms with Crippen LogP contribution in [0.15, 0.2) is 34.2 Å². The van der Waals surface area contributed by atoms with Crippen molar-refractivity contribution in [3.8, 4) is 0 Å². The van der Waals surface area contributed by atoms with E-state index in [-0.39, 0.29) is 26.5 Å². The first-order valence-corrected chi connectivity index (χ1v) is 7.28. The third-order valence-electron chi connectivity index (χ3n) is 1.96. The Kier molecular flexibility index (Phi) is 4.92. The van der Waals surface area contributed by atoms with Crippen molar-refractivity contribution in [2.24, 2.45) is 0 Å². The second kappa shape index (κ2) is 5.83. The zero-order chi connectivity index (χ0) is 13.9. The summed E-state index contributed by atoms with van der Waals surface area (Å²) in [6.45, 7) is 3.43. The maximum Gasteiger partial charge on any atom is 0.337 e. The van der Waals surface area contributed by atoms with E-state index in [1.165, 1.54) is 12.1 Å². The molecule has 2 N–H and O–H groups in total. The molecule has 0 heterocycles. The first kappa shape index (κ1) is 15.2. The van der Waals surface area contributed by atoms with Crippen molar-refractivity contribution in [1.29, 1.82) is 0 Å². The molecule has 0 saturated carbocycles. The number of carboxylic acid groups (broad SMARTS) is 1. The number of halogens is 2. The molecule has 0 saturated heterocycles. The van der Waals surface area contributed by atoms with Crippen molar-refractivity contribution >= 4 is 43.5 Å². The summed E-state index contributed by atoms with van der Waals surface area (Å²) in [5.41, 5.74) is -0.287. The lowest BCUT2D eigenvalue weighted by Crippen LogP contribution is -2.24. The number of benzene rings is 1. The van der Waals surface area contributed by atoms with Crippen LogP contribution in [0.1, 0.15) is 10.4 Å². The van der Waals surface area contributed by atoms with Gasteiger partial charge in [0.15, 0.2) is 0 Å². The molecule has 0 aliphatic carbocycles. The molecule has 1 aromatic rings. The van der Waals surface area contributed by atoms with Crippen LogP contribution in [0.2, 0.25) is 5.02 Å². The van der Waals surface area contributed by atoms with Gasteiger partial charge in [0.1, 0.15) is 0 Å². The fraction of sp³-hybridized carbons (Fsp3) is 0.100. The summed E-state index contributed by atoms with van der Waals surface area (Å²) >= 11 is 8.77. The normalized spacial score (nSPS) is 11.2. The van der Waals surface area contributed by atoms with Gasteiger partial charge in [-0.1, -0.05) is 17.7 Å². The van der Waals surface area contributed by atoms with Gasteiger partial charge in [0.25, 0.3) is 0 Å². The molecule has 0 fully saturated rings. The highest BCUT2D eigenvalue weighted by atomic mass is 79.9. The number of carbonyl (C=O) groups is 1. The summed E-state index contributed by atoms with van der Waals surface area (Å²) in [5, 5.41) is 8.87. The number of aromatic carboxylic acids is 1. The standard InChI is InChI=1S/C10H9BrClNO4S/c1-2-3-13-18(16,17)6-4-7(10(14)15)9(12)8(11)5-6/h2,4-5,13H,1,3H2,(H,14,15). The van der Waals surface area contributed by atoms with Crippen LogP contribution in [0.25, 0.3) is 0 Å². The molecule has 18 heavy (non-hydrogen) atoms. The summed E-state index contributed by atoms with van der Waals surface area (Å²) in [6, 6.07) is 2.24. The SMILES string of the molecule is C=CCNS(=O)(=O)c1cc(Br)c(Cl)c(C(=O)O)c1. The Morgan fingerprint density at radius 3 is 2.67 bits per heavy atom. The molecule has 98 valence electrons. The third kappa shape index (κ3) is 3.32. The quantitative estimate of drug-likeness (QED) is 0.795. The van der Waals surface area contributed by atoms with Crippen LogP contribution in [0.4, 0.5) is 0 Å². The maximum atomic E-state index is 11.8. The minimum atomic E-state index is -3.79. The largest absolute Gasteiger partial charge is 0.478 e. The minimum Gasteiger partial charge on any atom is -0.478 e. The van der Waals surface area contributed by atoms with E-state index in [0.717, 1.165) is 6.07 Å². The summed E-state index contributed by atoms with van der Waals surface area (Å²) in [7, 11) is -3.79. The van der Waals surface area contributed by atoms with Gasteiger partial charge in [-0.05, 0) is 28.1 Å². The molecule has 0 spiro atoms. The molecule has 0 bridgehead atoms. The van der Waals surface area contributed by atoms with E-state index in [2.05, 4.69) is 27.2 Å². The van der Waals surface area contributed by atoms with Crippen molar-refractivity contribution < 1.29 is 18.3 Å². The lowest BCUT2D eigenvalue weighted by molar-refractivity contribution is 0.0696. The third-order valence-corrected chi connectivity index (χ3v) is 4.62. The molecule has 1 aromatic carbocycles. The summed E-state index contributed by atoms with van der Waals surface area (Å²) in [4.78, 5) is 10.7. The predicted octanol–water partition coefficient (Wildman–Crippen LogP) is 2.26. The number of hydrogen-bond donors (Lipinski definition) is 2. The van der Waals surface area contributed by atoms with E-state index >= 15 is 0 Å². The molecule has 0 radical (unpaired) electrons. The lowest BCUT2D eigenvalue weighted by atomic mass is 10.2. The molecule has 5 nitrogen and oxygen atoms in total. The van der Waals surface area contributed by atoms with E-state index < -0.39 is 16.0 Å². The number of sulfonamides is 1. The van der Waals surface area contributed by atoms with E-state index in [9.17, 15) is 13.2 Å². The van der Waals surface area contributed by atoms with Crippen LogP contribution >= 0.6 is 27.5 Å². The number of nitrogens with one attached hydrogen (secondary N) is 1. The van der Waals surface area contributed by atoms with Crippen molar-refractivity contribution in [2.45, 2.75) is 4.90 Å². The van der Waals surface area contributed by atoms with E-state index in [0.29, 0.717) is 0 Å².